The van der Waals surface area contributed by atoms with E-state index in [0.717, 1.165) is 6.54 Å². The first-order valence-electron chi connectivity index (χ1n) is 5.15. The van der Waals surface area contributed by atoms with Crippen molar-refractivity contribution in [1.29, 1.82) is 0 Å². The van der Waals surface area contributed by atoms with Crippen LogP contribution in [0.2, 0.25) is 0 Å². The third-order valence-corrected chi connectivity index (χ3v) is 1.69. The number of nitrogens with zero attached hydrogens (tertiary/aromatic N) is 3. The second-order valence-electron chi connectivity index (χ2n) is 3.37. The van der Waals surface area contributed by atoms with E-state index in [1.165, 1.54) is 0 Å². The average Bonchev–Trinajstić information content (AvgIpc) is 2.17. The zero-order valence-corrected chi connectivity index (χ0v) is 10.6. The summed E-state index contributed by atoms with van der Waals surface area (Å²) in [6.45, 7) is 6.73. The number of aromatic nitrogens is 3. The highest BCUT2D eigenvalue weighted by atomic mass is 32.1. The largest absolute Gasteiger partial charge is 0.452 e. The third kappa shape index (κ3) is 4.09. The second-order valence-corrected chi connectivity index (χ2v) is 3.63. The molecule has 6 nitrogen and oxygen atoms in total. The summed E-state index contributed by atoms with van der Waals surface area (Å²) in [7, 11) is 0. The summed E-state index contributed by atoms with van der Waals surface area (Å²) in [5.74, 6) is 1.23. The Morgan fingerprint density at radius 1 is 1.25 bits per heavy atom. The molecule has 7 heteroatoms. The first-order valence-corrected chi connectivity index (χ1v) is 5.79. The summed E-state index contributed by atoms with van der Waals surface area (Å²) in [5.41, 5.74) is 0. The normalized spacial score (nSPS) is 10.3. The highest BCUT2D eigenvalue weighted by Gasteiger charge is 2.07. The minimum atomic E-state index is 0.233. The first-order chi connectivity index (χ1) is 7.65. The summed E-state index contributed by atoms with van der Waals surface area (Å²) in [5, 5.41) is 6.11. The summed E-state index contributed by atoms with van der Waals surface area (Å²) in [6, 6.07) is 0.518. The lowest BCUT2D eigenvalue weighted by Crippen LogP contribution is -2.15. The predicted molar refractivity (Wildman–Crippen MR) is 67.2 cm³/mol. The molecule has 1 rings (SSSR count). The molecule has 0 atom stereocenters. The van der Waals surface area contributed by atoms with Crippen LogP contribution in [0.15, 0.2) is 0 Å². The van der Waals surface area contributed by atoms with Crippen LogP contribution >= 0.6 is 12.6 Å². The molecule has 0 amide bonds. The fraction of sp³-hybridized carbons (Fsp3) is 0.667. The van der Waals surface area contributed by atoms with Crippen molar-refractivity contribution in [2.45, 2.75) is 26.8 Å². The van der Waals surface area contributed by atoms with Gasteiger partial charge in [-0.05, 0) is 20.8 Å². The molecule has 0 bridgehead atoms. The molecule has 0 spiro atoms. The maximum absolute atomic E-state index is 5.14. The molecule has 90 valence electrons. The van der Waals surface area contributed by atoms with Crippen LogP contribution in [0, 0.1) is 0 Å². The molecule has 0 aromatic carbocycles. The van der Waals surface area contributed by atoms with Crippen LogP contribution < -0.4 is 15.4 Å². The van der Waals surface area contributed by atoms with Crippen molar-refractivity contribution in [2.24, 2.45) is 0 Å². The van der Waals surface area contributed by atoms with E-state index in [2.05, 4.69) is 38.2 Å². The van der Waals surface area contributed by atoms with E-state index in [1.54, 1.807) is 0 Å². The van der Waals surface area contributed by atoms with Crippen molar-refractivity contribution >= 4 is 24.5 Å². The van der Waals surface area contributed by atoms with Crippen LogP contribution in [0.1, 0.15) is 20.8 Å². The van der Waals surface area contributed by atoms with Crippen LogP contribution in [0.3, 0.4) is 0 Å². The zero-order valence-electron chi connectivity index (χ0n) is 9.69. The van der Waals surface area contributed by atoms with Crippen molar-refractivity contribution in [3.8, 4) is 6.01 Å². The molecule has 1 aromatic heterocycles. The highest BCUT2D eigenvalue weighted by molar-refractivity contribution is 7.80. The molecule has 0 saturated heterocycles. The summed E-state index contributed by atoms with van der Waals surface area (Å²) < 4.78 is 5.14. The number of rotatable bonds is 6. The number of hydrogen-bond acceptors (Lipinski definition) is 7. The number of hydrogen-bond donors (Lipinski definition) is 3. The number of nitrogens with one attached hydrogen (secondary N) is 2. The lowest BCUT2D eigenvalue weighted by molar-refractivity contribution is 0.361. The Morgan fingerprint density at radius 3 is 2.50 bits per heavy atom. The molecule has 0 unspecified atom stereocenters. The minimum Gasteiger partial charge on any atom is -0.452 e. The molecular weight excluding hydrogens is 226 g/mol. The summed E-state index contributed by atoms with van der Waals surface area (Å²) in [4.78, 5) is 12.4. The Balaban J connectivity index is 2.88. The molecular formula is C9H17N5OS. The van der Waals surface area contributed by atoms with Gasteiger partial charge in [0.25, 0.3) is 0 Å². The predicted octanol–water partition coefficient (Wildman–Crippen LogP) is 1.39. The fourth-order valence-electron chi connectivity index (χ4n) is 1.04. The number of ether oxygens (including phenoxy) is 1. The van der Waals surface area contributed by atoms with Crippen LogP contribution in [-0.4, -0.2) is 33.5 Å². The smallest absolute Gasteiger partial charge is 0.323 e. The van der Waals surface area contributed by atoms with Gasteiger partial charge in [-0.3, -0.25) is 0 Å². The van der Waals surface area contributed by atoms with E-state index >= 15 is 0 Å². The van der Waals surface area contributed by atoms with Gasteiger partial charge in [0.2, 0.25) is 11.9 Å². The van der Waals surface area contributed by atoms with Gasteiger partial charge in [0, 0.05) is 12.6 Å². The summed E-state index contributed by atoms with van der Waals surface area (Å²) >= 11 is 3.96. The maximum Gasteiger partial charge on any atom is 0.323 e. The molecule has 2 N–H and O–H groups in total. The Labute approximate surface area is 101 Å². The van der Waals surface area contributed by atoms with Gasteiger partial charge in [0.15, 0.2) is 0 Å². The van der Waals surface area contributed by atoms with Gasteiger partial charge < -0.3 is 15.4 Å². The van der Waals surface area contributed by atoms with E-state index in [0.29, 0.717) is 11.9 Å². The Kier molecular flexibility index (Phi) is 5.10. The number of thiol groups is 1. The fourth-order valence-corrected chi connectivity index (χ4v) is 1.15. The van der Waals surface area contributed by atoms with E-state index in [4.69, 9.17) is 4.74 Å². The topological polar surface area (TPSA) is 72.0 Å². The van der Waals surface area contributed by atoms with Gasteiger partial charge in [-0.1, -0.05) is 0 Å². The monoisotopic (exact) mass is 243 g/mol. The Morgan fingerprint density at radius 2 is 1.94 bits per heavy atom. The Bertz CT molecular complexity index is 309. The second kappa shape index (κ2) is 6.37. The van der Waals surface area contributed by atoms with Crippen molar-refractivity contribution in [1.82, 2.24) is 15.0 Å². The molecule has 0 saturated carbocycles. The molecule has 0 radical (unpaired) electrons. The summed E-state index contributed by atoms with van der Waals surface area (Å²) in [6.07, 6.45) is 0. The quantitative estimate of drug-likeness (QED) is 0.518. The Hall–Kier alpha value is -1.24. The minimum absolute atomic E-state index is 0.233. The van der Waals surface area contributed by atoms with E-state index in [9.17, 15) is 0 Å². The van der Waals surface area contributed by atoms with E-state index < -0.39 is 0 Å². The molecule has 0 aliphatic heterocycles. The lowest BCUT2D eigenvalue weighted by atomic mass is 10.4. The maximum atomic E-state index is 5.14. The van der Waals surface area contributed by atoms with Crippen molar-refractivity contribution in [2.75, 3.05) is 23.1 Å². The van der Waals surface area contributed by atoms with Gasteiger partial charge >= 0.3 is 6.01 Å². The molecule has 0 aliphatic carbocycles. The van der Waals surface area contributed by atoms with Crippen LogP contribution in [0.25, 0.3) is 0 Å². The van der Waals surface area contributed by atoms with E-state index in [1.807, 2.05) is 20.8 Å². The molecule has 0 aliphatic rings. The van der Waals surface area contributed by atoms with Crippen molar-refractivity contribution < 1.29 is 4.74 Å². The molecule has 1 heterocycles. The van der Waals surface area contributed by atoms with Crippen LogP contribution in [0.4, 0.5) is 11.9 Å². The van der Waals surface area contributed by atoms with Gasteiger partial charge in [-0.15, -0.1) is 12.6 Å². The molecule has 16 heavy (non-hydrogen) atoms. The molecule has 0 fully saturated rings. The van der Waals surface area contributed by atoms with Gasteiger partial charge in [0.05, 0.1) is 0 Å². The third-order valence-electron chi connectivity index (χ3n) is 1.56. The zero-order chi connectivity index (χ0) is 12.0. The van der Waals surface area contributed by atoms with E-state index in [-0.39, 0.29) is 18.0 Å². The van der Waals surface area contributed by atoms with Gasteiger partial charge in [-0.25, -0.2) is 0 Å². The van der Waals surface area contributed by atoms with Crippen LogP contribution in [0.5, 0.6) is 6.01 Å². The van der Waals surface area contributed by atoms with Crippen LogP contribution in [-0.2, 0) is 0 Å². The van der Waals surface area contributed by atoms with Crippen molar-refractivity contribution in [3.63, 3.8) is 0 Å². The first kappa shape index (κ1) is 12.8. The lowest BCUT2D eigenvalue weighted by Gasteiger charge is -2.10. The highest BCUT2D eigenvalue weighted by Crippen LogP contribution is 2.11. The van der Waals surface area contributed by atoms with Crippen molar-refractivity contribution in [3.05, 3.63) is 0 Å². The van der Waals surface area contributed by atoms with Gasteiger partial charge in [0.1, 0.15) is 5.94 Å². The average molecular weight is 243 g/mol. The molecule has 1 aromatic rings. The SMILES string of the molecule is CCNc1nc(NC(C)C)nc(OCS)n1. The standard InChI is InChI=1S/C9H17N5OS/c1-4-10-7-12-8(11-6(2)3)14-9(13-7)15-5-16/h6,16H,4-5H2,1-3H3,(H2,10,11,12,13,14). The number of anilines is 2. The van der Waals surface area contributed by atoms with Gasteiger partial charge in [-0.2, -0.15) is 15.0 Å².